The summed E-state index contributed by atoms with van der Waals surface area (Å²) in [5.41, 5.74) is 1.23. The van der Waals surface area contributed by atoms with Crippen molar-refractivity contribution in [3.05, 3.63) is 44.2 Å². The number of aryl methyl sites for hydroxylation is 1. The maximum Gasteiger partial charge on any atom is 0.224 e. The summed E-state index contributed by atoms with van der Waals surface area (Å²) in [4.78, 5) is 16.5. The van der Waals surface area contributed by atoms with Gasteiger partial charge in [0, 0.05) is 24.9 Å². The highest BCUT2D eigenvalue weighted by atomic mass is 32.1. The molecule has 0 aliphatic carbocycles. The van der Waals surface area contributed by atoms with Crippen LogP contribution in [0.2, 0.25) is 0 Å². The molecule has 0 fully saturated rings. The fraction of sp³-hybridized carbons (Fsp3) is 0.312. The Bertz CT molecular complexity index is 875. The third-order valence-electron chi connectivity index (χ3n) is 3.82. The van der Waals surface area contributed by atoms with Crippen molar-refractivity contribution in [3.8, 4) is 10.7 Å². The Morgan fingerprint density at radius 1 is 1.38 bits per heavy atom. The minimum Gasteiger partial charge on any atom is -0.341 e. The molecule has 0 radical (unpaired) electrons. The van der Waals surface area contributed by atoms with Gasteiger partial charge in [-0.2, -0.15) is 5.10 Å². The molecule has 1 amide bonds. The maximum atomic E-state index is 12.4. The minimum absolute atomic E-state index is 0.100. The number of H-pyrrole nitrogens is 1. The van der Waals surface area contributed by atoms with Crippen molar-refractivity contribution in [1.29, 1.82) is 0 Å². The smallest absolute Gasteiger partial charge is 0.224 e. The standard InChI is InChI=1S/C16H18N4OS3/c1-11-6-9-24-13(11)10-19(2)14(21)5-7-20-15(17-18-16(20)22)12-4-3-8-23-12/h3-4,6,8-9H,5,7,10H2,1-2H3,(H,18,22). The monoisotopic (exact) mass is 378 g/mol. The predicted octanol–water partition coefficient (Wildman–Crippen LogP) is 4.09. The quantitative estimate of drug-likeness (QED) is 0.657. The zero-order valence-corrected chi connectivity index (χ0v) is 15.9. The first-order valence-electron chi connectivity index (χ1n) is 7.52. The van der Waals surface area contributed by atoms with Crippen LogP contribution in [0, 0.1) is 11.7 Å². The first-order valence-corrected chi connectivity index (χ1v) is 9.69. The van der Waals surface area contributed by atoms with Gasteiger partial charge in [-0.3, -0.25) is 14.5 Å². The van der Waals surface area contributed by atoms with Crippen LogP contribution in [0.3, 0.4) is 0 Å². The van der Waals surface area contributed by atoms with Crippen LogP contribution in [0.1, 0.15) is 16.9 Å². The molecule has 24 heavy (non-hydrogen) atoms. The summed E-state index contributed by atoms with van der Waals surface area (Å²) in [5.74, 6) is 0.891. The molecule has 3 rings (SSSR count). The molecule has 3 heterocycles. The van der Waals surface area contributed by atoms with E-state index in [0.717, 1.165) is 10.7 Å². The molecule has 8 heteroatoms. The zero-order valence-electron chi connectivity index (χ0n) is 13.5. The second-order valence-electron chi connectivity index (χ2n) is 5.51. The van der Waals surface area contributed by atoms with E-state index in [1.165, 1.54) is 10.4 Å². The van der Waals surface area contributed by atoms with E-state index in [-0.39, 0.29) is 5.91 Å². The molecule has 0 spiro atoms. The molecule has 0 unspecified atom stereocenters. The predicted molar refractivity (Wildman–Crippen MR) is 101 cm³/mol. The lowest BCUT2D eigenvalue weighted by atomic mass is 10.2. The average molecular weight is 379 g/mol. The van der Waals surface area contributed by atoms with Gasteiger partial charge < -0.3 is 4.90 Å². The Kier molecular flexibility index (Phi) is 5.27. The van der Waals surface area contributed by atoms with Crippen molar-refractivity contribution in [1.82, 2.24) is 19.7 Å². The number of rotatable bonds is 6. The van der Waals surface area contributed by atoms with Crippen molar-refractivity contribution >= 4 is 40.8 Å². The minimum atomic E-state index is 0.100. The van der Waals surface area contributed by atoms with E-state index in [1.807, 2.05) is 29.1 Å². The zero-order chi connectivity index (χ0) is 17.1. The number of hydrogen-bond acceptors (Lipinski definition) is 5. The largest absolute Gasteiger partial charge is 0.341 e. The second kappa shape index (κ2) is 7.42. The molecular weight excluding hydrogens is 360 g/mol. The van der Waals surface area contributed by atoms with Crippen LogP contribution in [-0.4, -0.2) is 32.6 Å². The SMILES string of the molecule is Cc1ccsc1CN(C)C(=O)CCn1c(-c2cccs2)n[nH]c1=S. The average Bonchev–Trinajstić information content (AvgIpc) is 3.28. The summed E-state index contributed by atoms with van der Waals surface area (Å²) in [6, 6.07) is 6.06. The topological polar surface area (TPSA) is 53.9 Å². The molecule has 0 aromatic carbocycles. The second-order valence-corrected chi connectivity index (χ2v) is 7.84. The molecule has 0 atom stereocenters. The number of nitrogens with one attached hydrogen (secondary N) is 1. The highest BCUT2D eigenvalue weighted by Crippen LogP contribution is 2.23. The molecule has 0 aliphatic heterocycles. The van der Waals surface area contributed by atoms with Gasteiger partial charge in [-0.25, -0.2) is 0 Å². The summed E-state index contributed by atoms with van der Waals surface area (Å²) in [6.07, 6.45) is 0.396. The van der Waals surface area contributed by atoms with Crippen LogP contribution in [0.5, 0.6) is 0 Å². The number of amides is 1. The van der Waals surface area contributed by atoms with Gasteiger partial charge in [0.25, 0.3) is 0 Å². The Hall–Kier alpha value is -1.77. The normalized spacial score (nSPS) is 10.9. The molecule has 5 nitrogen and oxygen atoms in total. The fourth-order valence-electron chi connectivity index (χ4n) is 2.39. The summed E-state index contributed by atoms with van der Waals surface area (Å²) in [7, 11) is 1.84. The Balaban J connectivity index is 1.66. The van der Waals surface area contributed by atoms with Crippen molar-refractivity contribution < 1.29 is 4.79 Å². The van der Waals surface area contributed by atoms with E-state index in [0.29, 0.717) is 24.3 Å². The lowest BCUT2D eigenvalue weighted by Crippen LogP contribution is -2.27. The van der Waals surface area contributed by atoms with E-state index in [1.54, 1.807) is 27.6 Å². The number of carbonyl (C=O) groups is 1. The van der Waals surface area contributed by atoms with Gasteiger partial charge in [0.1, 0.15) is 0 Å². The van der Waals surface area contributed by atoms with Gasteiger partial charge in [0.05, 0.1) is 11.4 Å². The molecular formula is C16H18N4OS3. The van der Waals surface area contributed by atoms with Crippen molar-refractivity contribution in [2.45, 2.75) is 26.4 Å². The van der Waals surface area contributed by atoms with Gasteiger partial charge in [-0.05, 0) is 47.6 Å². The van der Waals surface area contributed by atoms with Crippen LogP contribution in [0.25, 0.3) is 10.7 Å². The van der Waals surface area contributed by atoms with E-state index in [2.05, 4.69) is 28.6 Å². The van der Waals surface area contributed by atoms with E-state index in [9.17, 15) is 4.79 Å². The molecule has 1 N–H and O–H groups in total. The Morgan fingerprint density at radius 2 is 2.21 bits per heavy atom. The molecule has 3 aromatic rings. The van der Waals surface area contributed by atoms with Crippen LogP contribution < -0.4 is 0 Å². The van der Waals surface area contributed by atoms with Crippen molar-refractivity contribution in [2.24, 2.45) is 0 Å². The summed E-state index contributed by atoms with van der Waals surface area (Å²) in [6.45, 7) is 3.24. The third kappa shape index (κ3) is 3.66. The van der Waals surface area contributed by atoms with Crippen LogP contribution in [0.15, 0.2) is 29.0 Å². The third-order valence-corrected chi connectivity index (χ3v) is 6.01. The lowest BCUT2D eigenvalue weighted by molar-refractivity contribution is -0.130. The van der Waals surface area contributed by atoms with Crippen molar-refractivity contribution in [3.63, 3.8) is 0 Å². The van der Waals surface area contributed by atoms with E-state index < -0.39 is 0 Å². The van der Waals surface area contributed by atoms with E-state index in [4.69, 9.17) is 12.2 Å². The van der Waals surface area contributed by atoms with Crippen LogP contribution in [-0.2, 0) is 17.9 Å². The summed E-state index contributed by atoms with van der Waals surface area (Å²) in [5, 5.41) is 11.2. The molecule has 0 saturated heterocycles. The molecule has 126 valence electrons. The molecule has 0 bridgehead atoms. The maximum absolute atomic E-state index is 12.4. The molecule has 0 saturated carbocycles. The van der Waals surface area contributed by atoms with Crippen molar-refractivity contribution in [2.75, 3.05) is 7.05 Å². The van der Waals surface area contributed by atoms with E-state index >= 15 is 0 Å². The first kappa shape index (κ1) is 17.1. The van der Waals surface area contributed by atoms with Gasteiger partial charge in [0.15, 0.2) is 10.6 Å². The number of thiophene rings is 2. The Labute approximate surface area is 153 Å². The lowest BCUT2D eigenvalue weighted by Gasteiger charge is -2.17. The highest BCUT2D eigenvalue weighted by molar-refractivity contribution is 7.71. The summed E-state index contributed by atoms with van der Waals surface area (Å²) < 4.78 is 2.44. The molecule has 0 aliphatic rings. The Morgan fingerprint density at radius 3 is 2.88 bits per heavy atom. The number of aromatic nitrogens is 3. The van der Waals surface area contributed by atoms with Gasteiger partial charge in [0.2, 0.25) is 5.91 Å². The van der Waals surface area contributed by atoms with Gasteiger partial charge >= 0.3 is 0 Å². The number of hydrogen-bond donors (Lipinski definition) is 1. The molecule has 3 aromatic heterocycles. The highest BCUT2D eigenvalue weighted by Gasteiger charge is 2.14. The first-order chi connectivity index (χ1) is 11.6. The van der Waals surface area contributed by atoms with Crippen LogP contribution >= 0.6 is 34.9 Å². The fourth-order valence-corrected chi connectivity index (χ4v) is 4.29. The van der Waals surface area contributed by atoms with Gasteiger partial charge in [-0.1, -0.05) is 6.07 Å². The summed E-state index contributed by atoms with van der Waals surface area (Å²) >= 11 is 8.59. The van der Waals surface area contributed by atoms with Crippen LogP contribution in [0.4, 0.5) is 0 Å². The number of nitrogens with zero attached hydrogens (tertiary/aromatic N) is 3. The number of aromatic amines is 1. The van der Waals surface area contributed by atoms with Gasteiger partial charge in [-0.15, -0.1) is 22.7 Å². The number of carbonyl (C=O) groups excluding carboxylic acids is 1.